The smallest absolute Gasteiger partial charge is 0.306 e. The lowest BCUT2D eigenvalue weighted by Crippen LogP contribution is -2.30. The Hall–Kier alpha value is -3.70. The largest absolute Gasteiger partial charge is 0.462 e. The highest BCUT2D eigenvalue weighted by Crippen LogP contribution is 2.11. The van der Waals surface area contributed by atoms with Crippen LogP contribution in [-0.4, -0.2) is 37.9 Å². The molecule has 0 fully saturated rings. The second kappa shape index (κ2) is 49.7. The predicted molar refractivity (Wildman–Crippen MR) is 260 cm³/mol. The maximum Gasteiger partial charge on any atom is 0.306 e. The SMILES string of the molecule is CC/C=C\C/C=C\C/C=C\C/C=C\C/C=C\C/C=C\CCCOCC(COC(=O)CCCCCCCC/C=C\C/C=C\C/C=C\C/C=C\CC)OC(=O)CCCCCCC. The molecule has 0 aliphatic carbocycles. The third-order valence-electron chi connectivity index (χ3n) is 9.49. The molecule has 0 aliphatic rings. The molecular formula is C55H88O5. The number of hydrogen-bond acceptors (Lipinski definition) is 5. The molecule has 0 rings (SSSR count). The highest BCUT2D eigenvalue weighted by atomic mass is 16.6. The lowest BCUT2D eigenvalue weighted by molar-refractivity contribution is -0.163. The standard InChI is InChI=1S/C55H88O5/c1-4-7-10-13-15-17-19-21-23-25-27-29-31-33-35-37-39-41-44-47-50-58-51-53(60-55(57)49-46-42-12-9-6-3)52-59-54(56)48-45-43-40-38-36-34-32-30-28-26-24-22-20-18-16-14-11-8-5-2/h7-8,10-11,15-18,21-24,27-30,33,35,39,41,53H,4-6,9,12-14,19-20,25-26,31-32,34,36-38,40,42-52H2,1-3H3/b10-7-,11-8-,17-15-,18-16-,23-21-,24-22-,29-27-,30-28-,35-33-,41-39-. The first-order chi connectivity index (χ1) is 29.6. The molecule has 0 radical (unpaired) electrons. The molecule has 5 heteroatoms. The van der Waals surface area contributed by atoms with E-state index < -0.39 is 6.10 Å². The van der Waals surface area contributed by atoms with Gasteiger partial charge in [-0.25, -0.2) is 0 Å². The number of unbranched alkanes of at least 4 members (excludes halogenated alkanes) is 11. The zero-order chi connectivity index (χ0) is 43.5. The first-order valence-corrected chi connectivity index (χ1v) is 24.1. The Morgan fingerprint density at radius 2 is 0.750 bits per heavy atom. The van der Waals surface area contributed by atoms with Gasteiger partial charge in [0.15, 0.2) is 6.10 Å². The van der Waals surface area contributed by atoms with E-state index in [-0.39, 0.29) is 25.2 Å². The summed E-state index contributed by atoms with van der Waals surface area (Å²) in [6.45, 7) is 7.34. The van der Waals surface area contributed by atoms with Crippen LogP contribution < -0.4 is 0 Å². The van der Waals surface area contributed by atoms with Crippen molar-refractivity contribution in [2.45, 2.75) is 194 Å². The predicted octanol–water partition coefficient (Wildman–Crippen LogP) is 16.2. The van der Waals surface area contributed by atoms with Gasteiger partial charge in [-0.15, -0.1) is 0 Å². The van der Waals surface area contributed by atoms with Gasteiger partial charge in [0.05, 0.1) is 6.61 Å². The third-order valence-corrected chi connectivity index (χ3v) is 9.49. The van der Waals surface area contributed by atoms with Crippen molar-refractivity contribution in [3.8, 4) is 0 Å². The van der Waals surface area contributed by atoms with Crippen LogP contribution in [-0.2, 0) is 23.8 Å². The van der Waals surface area contributed by atoms with E-state index in [1.165, 1.54) is 32.1 Å². The fourth-order valence-electron chi connectivity index (χ4n) is 5.99. The summed E-state index contributed by atoms with van der Waals surface area (Å²) in [7, 11) is 0. The summed E-state index contributed by atoms with van der Waals surface area (Å²) >= 11 is 0. The maximum atomic E-state index is 12.6. The first-order valence-electron chi connectivity index (χ1n) is 24.1. The van der Waals surface area contributed by atoms with Gasteiger partial charge in [0.1, 0.15) is 6.61 Å². The number of rotatable bonds is 42. The summed E-state index contributed by atoms with van der Waals surface area (Å²) in [5, 5.41) is 0. The van der Waals surface area contributed by atoms with E-state index in [0.29, 0.717) is 19.4 Å². The van der Waals surface area contributed by atoms with Crippen LogP contribution in [0.25, 0.3) is 0 Å². The highest BCUT2D eigenvalue weighted by molar-refractivity contribution is 5.70. The Balaban J connectivity index is 4.20. The number of carbonyl (C=O) groups excluding carboxylic acids is 2. The third kappa shape index (κ3) is 47.0. The minimum atomic E-state index is -0.576. The van der Waals surface area contributed by atoms with Crippen LogP contribution in [0, 0.1) is 0 Å². The summed E-state index contributed by atoms with van der Waals surface area (Å²) in [6, 6.07) is 0. The molecule has 0 bridgehead atoms. The molecular weight excluding hydrogens is 741 g/mol. The van der Waals surface area contributed by atoms with Gasteiger partial charge >= 0.3 is 11.9 Å². The van der Waals surface area contributed by atoms with Crippen molar-refractivity contribution >= 4 is 11.9 Å². The van der Waals surface area contributed by atoms with Crippen LogP contribution in [0.3, 0.4) is 0 Å². The van der Waals surface area contributed by atoms with E-state index in [9.17, 15) is 9.59 Å². The Morgan fingerprint density at radius 3 is 1.20 bits per heavy atom. The normalized spacial score (nSPS) is 13.3. The molecule has 60 heavy (non-hydrogen) atoms. The van der Waals surface area contributed by atoms with Crippen molar-refractivity contribution in [1.82, 2.24) is 0 Å². The zero-order valence-electron chi connectivity index (χ0n) is 38.7. The molecule has 5 nitrogen and oxygen atoms in total. The molecule has 0 spiro atoms. The molecule has 0 saturated heterocycles. The molecule has 0 aromatic carbocycles. The van der Waals surface area contributed by atoms with Crippen LogP contribution in [0.2, 0.25) is 0 Å². The summed E-state index contributed by atoms with van der Waals surface area (Å²) in [4.78, 5) is 25.1. The van der Waals surface area contributed by atoms with Crippen LogP contribution in [0.4, 0.5) is 0 Å². The summed E-state index contributed by atoms with van der Waals surface area (Å²) < 4.78 is 17.2. The Bertz CT molecular complexity index is 1260. The fraction of sp³-hybridized carbons (Fsp3) is 0.600. The van der Waals surface area contributed by atoms with Gasteiger partial charge in [-0.2, -0.15) is 0 Å². The number of hydrogen-bond donors (Lipinski definition) is 0. The molecule has 0 amide bonds. The fourth-order valence-corrected chi connectivity index (χ4v) is 5.99. The molecule has 0 aliphatic heterocycles. The quantitative estimate of drug-likeness (QED) is 0.0348. The van der Waals surface area contributed by atoms with Crippen molar-refractivity contribution in [1.29, 1.82) is 0 Å². The van der Waals surface area contributed by atoms with Crippen molar-refractivity contribution < 1.29 is 23.8 Å². The summed E-state index contributed by atoms with van der Waals surface area (Å²) in [6.07, 6.45) is 69.6. The topological polar surface area (TPSA) is 61.8 Å². The summed E-state index contributed by atoms with van der Waals surface area (Å²) in [5.74, 6) is -0.469. The second-order valence-corrected chi connectivity index (χ2v) is 15.3. The van der Waals surface area contributed by atoms with Crippen LogP contribution in [0.15, 0.2) is 122 Å². The second-order valence-electron chi connectivity index (χ2n) is 15.3. The lowest BCUT2D eigenvalue weighted by Gasteiger charge is -2.18. The molecule has 0 heterocycles. The first kappa shape index (κ1) is 56.3. The van der Waals surface area contributed by atoms with Crippen molar-refractivity contribution in [3.63, 3.8) is 0 Å². The number of esters is 2. The number of ether oxygens (including phenoxy) is 3. The van der Waals surface area contributed by atoms with Crippen LogP contribution in [0.1, 0.15) is 188 Å². The average molecular weight is 829 g/mol. The van der Waals surface area contributed by atoms with Gasteiger partial charge in [-0.05, 0) is 103 Å². The van der Waals surface area contributed by atoms with E-state index in [2.05, 4.69) is 142 Å². The molecule has 338 valence electrons. The van der Waals surface area contributed by atoms with E-state index in [0.717, 1.165) is 122 Å². The Kier molecular flexibility index (Phi) is 46.6. The molecule has 0 saturated carbocycles. The van der Waals surface area contributed by atoms with E-state index >= 15 is 0 Å². The number of carbonyl (C=O) groups is 2. The minimum absolute atomic E-state index is 0.0465. The summed E-state index contributed by atoms with van der Waals surface area (Å²) in [5.41, 5.74) is 0. The maximum absolute atomic E-state index is 12.6. The molecule has 0 N–H and O–H groups in total. The lowest BCUT2D eigenvalue weighted by atomic mass is 10.1. The Morgan fingerprint density at radius 1 is 0.383 bits per heavy atom. The zero-order valence-corrected chi connectivity index (χ0v) is 38.7. The van der Waals surface area contributed by atoms with E-state index in [4.69, 9.17) is 14.2 Å². The van der Waals surface area contributed by atoms with Gasteiger partial charge in [0, 0.05) is 19.4 Å². The van der Waals surface area contributed by atoms with Crippen LogP contribution >= 0.6 is 0 Å². The van der Waals surface area contributed by atoms with Crippen molar-refractivity contribution in [2.75, 3.05) is 19.8 Å². The highest BCUT2D eigenvalue weighted by Gasteiger charge is 2.17. The van der Waals surface area contributed by atoms with Gasteiger partial charge < -0.3 is 14.2 Å². The molecule has 1 atom stereocenters. The average Bonchev–Trinajstić information content (AvgIpc) is 3.25. The monoisotopic (exact) mass is 829 g/mol. The van der Waals surface area contributed by atoms with Crippen molar-refractivity contribution in [3.05, 3.63) is 122 Å². The molecule has 0 aromatic heterocycles. The van der Waals surface area contributed by atoms with Crippen molar-refractivity contribution in [2.24, 2.45) is 0 Å². The van der Waals surface area contributed by atoms with E-state index in [1.807, 2.05) is 0 Å². The van der Waals surface area contributed by atoms with Gasteiger partial charge in [0.25, 0.3) is 0 Å². The molecule has 0 aromatic rings. The van der Waals surface area contributed by atoms with E-state index in [1.54, 1.807) is 0 Å². The molecule has 1 unspecified atom stereocenters. The Labute approximate surface area is 369 Å². The number of allylic oxidation sites excluding steroid dienone is 20. The van der Waals surface area contributed by atoms with Gasteiger partial charge in [-0.1, -0.05) is 194 Å². The van der Waals surface area contributed by atoms with Gasteiger partial charge in [-0.3, -0.25) is 9.59 Å². The van der Waals surface area contributed by atoms with Gasteiger partial charge in [0.2, 0.25) is 0 Å². The minimum Gasteiger partial charge on any atom is -0.462 e. The van der Waals surface area contributed by atoms with Crippen LogP contribution in [0.5, 0.6) is 0 Å².